The molecule has 2 unspecified atom stereocenters. The maximum absolute atomic E-state index is 13.7. The van der Waals surface area contributed by atoms with Crippen molar-refractivity contribution >= 4 is 23.5 Å². The molecule has 2 aliphatic rings. The fourth-order valence-electron chi connectivity index (χ4n) is 2.71. The molecule has 3 rings (SSSR count). The number of carbonyl (C=O) groups is 1. The largest absolute Gasteiger partial charge is 0.416 e. The molecule has 1 aromatic carbocycles. The minimum absolute atomic E-state index is 0.0100. The summed E-state index contributed by atoms with van der Waals surface area (Å²) in [6.45, 7) is 3.70. The number of amides is 1. The predicted octanol–water partition coefficient (Wildman–Crippen LogP) is 5.06. The lowest BCUT2D eigenvalue weighted by molar-refractivity contribution is -0.0885. The van der Waals surface area contributed by atoms with E-state index in [4.69, 9.17) is 11.6 Å². The number of nitrogens with zero attached hydrogens (tertiary/aromatic N) is 3. The molecule has 0 saturated carbocycles. The zero-order valence-electron chi connectivity index (χ0n) is 16.5. The third-order valence-corrected chi connectivity index (χ3v) is 4.88. The summed E-state index contributed by atoms with van der Waals surface area (Å²) in [5, 5.41) is 13.0. The molecule has 0 fully saturated rings. The highest BCUT2D eigenvalue weighted by Gasteiger charge is 2.36. The van der Waals surface area contributed by atoms with Gasteiger partial charge in [-0.25, -0.2) is 9.38 Å². The summed E-state index contributed by atoms with van der Waals surface area (Å²) < 4.78 is 52.4. The Morgan fingerprint density at radius 2 is 2.06 bits per heavy atom. The Bertz CT molecular complexity index is 1040. The normalized spacial score (nSPS) is 19.3. The molecule has 2 N–H and O–H groups in total. The van der Waals surface area contributed by atoms with E-state index in [1.54, 1.807) is 0 Å². The van der Waals surface area contributed by atoms with E-state index in [-0.39, 0.29) is 28.4 Å². The average Bonchev–Trinajstić information content (AvgIpc) is 3.11. The molecule has 11 heteroatoms. The van der Waals surface area contributed by atoms with Crippen LogP contribution in [0.25, 0.3) is 0 Å². The number of hydrogen-bond donors (Lipinski definition) is 2. The Kier molecular flexibility index (Phi) is 6.59. The molecule has 1 heterocycles. The molecule has 0 radical (unpaired) electrons. The fourth-order valence-corrected chi connectivity index (χ4v) is 2.83. The highest BCUT2D eigenvalue weighted by molar-refractivity contribution is 6.30. The highest BCUT2D eigenvalue weighted by atomic mass is 35.5. The molecular formula is C20H18ClF4N5O. The number of benzene rings is 1. The van der Waals surface area contributed by atoms with E-state index < -0.39 is 29.5 Å². The van der Waals surface area contributed by atoms with Crippen molar-refractivity contribution in [1.82, 2.24) is 10.6 Å². The third kappa shape index (κ3) is 5.38. The van der Waals surface area contributed by atoms with Crippen LogP contribution in [0.4, 0.5) is 17.6 Å². The minimum Gasteiger partial charge on any atom is -0.309 e. The number of alkyl halides is 3. The second-order valence-corrected chi connectivity index (χ2v) is 7.27. The van der Waals surface area contributed by atoms with Crippen LogP contribution in [-0.2, 0) is 0 Å². The fraction of sp³-hybridized carbons (Fsp3) is 0.300. The Labute approximate surface area is 180 Å². The van der Waals surface area contributed by atoms with E-state index in [2.05, 4.69) is 25.9 Å². The number of halogens is 5. The number of rotatable bonds is 4. The van der Waals surface area contributed by atoms with Crippen molar-refractivity contribution in [3.8, 4) is 0 Å². The molecule has 1 amide bonds. The maximum atomic E-state index is 13.7. The minimum atomic E-state index is -4.49. The van der Waals surface area contributed by atoms with Crippen LogP contribution < -0.4 is 10.6 Å². The van der Waals surface area contributed by atoms with Crippen molar-refractivity contribution in [2.45, 2.75) is 38.5 Å². The summed E-state index contributed by atoms with van der Waals surface area (Å²) in [6, 6.07) is 2.50. The van der Waals surface area contributed by atoms with Gasteiger partial charge in [-0.1, -0.05) is 24.6 Å². The van der Waals surface area contributed by atoms with Crippen molar-refractivity contribution in [2.24, 2.45) is 15.2 Å². The molecule has 0 saturated heterocycles. The predicted molar refractivity (Wildman–Crippen MR) is 108 cm³/mol. The van der Waals surface area contributed by atoms with Gasteiger partial charge in [-0.15, -0.1) is 5.11 Å². The van der Waals surface area contributed by atoms with Gasteiger partial charge in [0.15, 0.2) is 5.82 Å². The molecule has 0 bridgehead atoms. The van der Waals surface area contributed by atoms with Crippen LogP contribution in [-0.4, -0.2) is 30.1 Å². The monoisotopic (exact) mass is 455 g/mol. The number of allylic oxidation sites excluding steroid dienone is 2. The molecule has 2 atom stereocenters. The summed E-state index contributed by atoms with van der Waals surface area (Å²) in [6.07, 6.45) is -0.658. The summed E-state index contributed by atoms with van der Waals surface area (Å²) >= 11 is 5.64. The number of carbonyl (C=O) groups excluding carboxylic acids is 1. The Morgan fingerprint density at radius 3 is 2.71 bits per heavy atom. The molecule has 1 aromatic rings. The highest BCUT2D eigenvalue weighted by Crippen LogP contribution is 2.34. The van der Waals surface area contributed by atoms with Crippen LogP contribution in [0.15, 0.2) is 68.6 Å². The summed E-state index contributed by atoms with van der Waals surface area (Å²) in [7, 11) is 0. The topological polar surface area (TPSA) is 78.2 Å². The number of guanidine groups is 1. The lowest BCUT2D eigenvalue weighted by atomic mass is 9.98. The van der Waals surface area contributed by atoms with Gasteiger partial charge in [0.2, 0.25) is 5.96 Å². The first-order valence-electron chi connectivity index (χ1n) is 9.31. The number of aliphatic imine (C=N–C) groups is 1. The van der Waals surface area contributed by atoms with E-state index >= 15 is 0 Å². The summed E-state index contributed by atoms with van der Waals surface area (Å²) in [5.74, 6) is -1.24. The van der Waals surface area contributed by atoms with Gasteiger partial charge in [-0.3, -0.25) is 10.1 Å². The quantitative estimate of drug-likeness (QED) is 0.378. The van der Waals surface area contributed by atoms with E-state index in [9.17, 15) is 22.4 Å². The van der Waals surface area contributed by atoms with Gasteiger partial charge in [0.1, 0.15) is 11.9 Å². The van der Waals surface area contributed by atoms with Gasteiger partial charge in [0.05, 0.1) is 16.6 Å². The number of azo groups is 1. The summed E-state index contributed by atoms with van der Waals surface area (Å²) in [4.78, 5) is 16.9. The van der Waals surface area contributed by atoms with Crippen LogP contribution in [0, 0.1) is 5.82 Å². The second-order valence-electron chi connectivity index (χ2n) is 6.86. The SMILES string of the molecule is CCC(C)N=C(NC(=O)c1ccc(Cl)c(F)c1)NC1=C2C=CC(C(F)(F)F)=CC2N=N1. The Hall–Kier alpha value is -3.01. The third-order valence-electron chi connectivity index (χ3n) is 4.57. The number of nitrogens with one attached hydrogen (secondary N) is 2. The van der Waals surface area contributed by atoms with Gasteiger partial charge in [-0.2, -0.15) is 18.3 Å². The smallest absolute Gasteiger partial charge is 0.309 e. The lowest BCUT2D eigenvalue weighted by Crippen LogP contribution is -2.41. The molecule has 1 aliphatic carbocycles. The molecule has 6 nitrogen and oxygen atoms in total. The zero-order chi connectivity index (χ0) is 22.8. The molecule has 0 spiro atoms. The molecule has 164 valence electrons. The molecule has 31 heavy (non-hydrogen) atoms. The van der Waals surface area contributed by atoms with Crippen LogP contribution >= 0.6 is 11.6 Å². The second kappa shape index (κ2) is 9.01. The zero-order valence-corrected chi connectivity index (χ0v) is 17.2. The first-order chi connectivity index (χ1) is 14.6. The van der Waals surface area contributed by atoms with Gasteiger partial charge in [0.25, 0.3) is 5.91 Å². The first-order valence-corrected chi connectivity index (χ1v) is 9.69. The van der Waals surface area contributed by atoms with Crippen molar-refractivity contribution in [3.05, 3.63) is 69.8 Å². The number of hydrogen-bond acceptors (Lipinski definition) is 4. The van der Waals surface area contributed by atoms with E-state index in [1.165, 1.54) is 18.2 Å². The van der Waals surface area contributed by atoms with E-state index in [0.717, 1.165) is 18.2 Å². The van der Waals surface area contributed by atoms with Crippen LogP contribution in [0.5, 0.6) is 0 Å². The average molecular weight is 456 g/mol. The molecule has 1 aliphatic heterocycles. The molecular weight excluding hydrogens is 438 g/mol. The van der Waals surface area contributed by atoms with Crippen molar-refractivity contribution < 1.29 is 22.4 Å². The van der Waals surface area contributed by atoms with Crippen LogP contribution in [0.3, 0.4) is 0 Å². The summed E-state index contributed by atoms with van der Waals surface area (Å²) in [5.41, 5.74) is -0.399. The number of fused-ring (bicyclic) bond motifs is 1. The van der Waals surface area contributed by atoms with Crippen molar-refractivity contribution in [1.29, 1.82) is 0 Å². The van der Waals surface area contributed by atoms with Crippen LogP contribution in [0.1, 0.15) is 30.6 Å². The van der Waals surface area contributed by atoms with Gasteiger partial charge >= 0.3 is 6.18 Å². The lowest BCUT2D eigenvalue weighted by Gasteiger charge is -2.16. The Morgan fingerprint density at radius 1 is 1.32 bits per heavy atom. The molecule has 0 aromatic heterocycles. The first kappa shape index (κ1) is 22.7. The van der Waals surface area contributed by atoms with Gasteiger partial charge in [-0.05, 0) is 43.7 Å². The van der Waals surface area contributed by atoms with E-state index in [0.29, 0.717) is 12.0 Å². The maximum Gasteiger partial charge on any atom is 0.416 e. The van der Waals surface area contributed by atoms with Crippen molar-refractivity contribution in [3.63, 3.8) is 0 Å². The van der Waals surface area contributed by atoms with E-state index in [1.807, 2.05) is 13.8 Å². The standard InChI is InChI=1S/C20H18ClF4N5O/c1-3-10(2)26-19(28-18(31)11-4-7-14(21)15(22)8-11)27-17-13-6-5-12(20(23,24)25)9-16(13)29-30-17/h4-10,16H,3H2,1-2H3,(H2,26,27,28,31). The van der Waals surface area contributed by atoms with Crippen LogP contribution in [0.2, 0.25) is 5.02 Å². The van der Waals surface area contributed by atoms with Crippen molar-refractivity contribution in [2.75, 3.05) is 0 Å². The van der Waals surface area contributed by atoms with Gasteiger partial charge < -0.3 is 5.32 Å². The Balaban J connectivity index is 1.83. The van der Waals surface area contributed by atoms with Gasteiger partial charge in [0, 0.05) is 11.1 Å².